The molecule has 1 aromatic rings. The molecule has 0 amide bonds. The lowest BCUT2D eigenvalue weighted by molar-refractivity contribution is -0.360. The summed E-state index contributed by atoms with van der Waals surface area (Å²) in [6, 6.07) is 1.95. The standard InChI is InChI=1S/C27H42O8S/c1-16-11-12-22(32-5)21(31-4)10-8-7-9-20(19-13-14-36-15-19)34-26(29)18(3)27(30)25(33-6)23(28)17(2)24(16)35-27/h11-18,20-25,28,30H,7-10H2,1-6H3/b12-11+/t16-,17-,18+,20-,21?,22+,23-,24-,25+,27+/m0/s1. The Bertz CT molecular complexity index is 845. The minimum absolute atomic E-state index is 0.140. The summed E-state index contributed by atoms with van der Waals surface area (Å²) in [4.78, 5) is 13.4. The molecule has 204 valence electrons. The Labute approximate surface area is 218 Å². The summed E-state index contributed by atoms with van der Waals surface area (Å²) in [5, 5.41) is 26.8. The lowest BCUT2D eigenvalue weighted by Crippen LogP contribution is -2.66. The summed E-state index contributed by atoms with van der Waals surface area (Å²) >= 11 is 1.54. The quantitative estimate of drug-likeness (QED) is 0.450. The smallest absolute Gasteiger partial charge is 0.314 e. The molecule has 2 bridgehead atoms. The van der Waals surface area contributed by atoms with Gasteiger partial charge >= 0.3 is 5.97 Å². The molecule has 1 fully saturated rings. The highest BCUT2D eigenvalue weighted by Gasteiger charge is 2.58. The molecular formula is C27H42O8S. The van der Waals surface area contributed by atoms with E-state index in [1.54, 1.807) is 21.1 Å². The molecule has 10 atom stereocenters. The molecule has 0 spiro atoms. The molecule has 1 saturated heterocycles. The highest BCUT2D eigenvalue weighted by Crippen LogP contribution is 2.42. The van der Waals surface area contributed by atoms with Gasteiger partial charge in [0.05, 0.1) is 18.3 Å². The average molecular weight is 527 g/mol. The molecule has 8 nitrogen and oxygen atoms in total. The van der Waals surface area contributed by atoms with Gasteiger partial charge in [0.1, 0.15) is 24.2 Å². The molecule has 2 N–H and O–H groups in total. The van der Waals surface area contributed by atoms with Crippen LogP contribution in [0.1, 0.15) is 58.1 Å². The molecule has 9 heteroatoms. The third-order valence-electron chi connectivity index (χ3n) is 7.77. The second-order valence-electron chi connectivity index (χ2n) is 10.0. The van der Waals surface area contributed by atoms with E-state index in [-0.39, 0.29) is 24.0 Å². The van der Waals surface area contributed by atoms with Crippen LogP contribution in [0, 0.1) is 17.8 Å². The Morgan fingerprint density at radius 2 is 1.78 bits per heavy atom. The van der Waals surface area contributed by atoms with Gasteiger partial charge in [-0.15, -0.1) is 0 Å². The lowest BCUT2D eigenvalue weighted by Gasteiger charge is -2.51. The van der Waals surface area contributed by atoms with E-state index in [1.807, 2.05) is 42.8 Å². The van der Waals surface area contributed by atoms with Crippen LogP contribution in [0.3, 0.4) is 0 Å². The van der Waals surface area contributed by atoms with Crippen molar-refractivity contribution in [1.29, 1.82) is 0 Å². The van der Waals surface area contributed by atoms with Crippen molar-refractivity contribution in [3.63, 3.8) is 0 Å². The van der Waals surface area contributed by atoms with E-state index in [0.717, 1.165) is 24.8 Å². The Hall–Kier alpha value is -1.33. The molecular weight excluding hydrogens is 484 g/mol. The number of carbonyl (C=O) groups is 1. The first-order chi connectivity index (χ1) is 17.2. The van der Waals surface area contributed by atoms with E-state index >= 15 is 0 Å². The number of thiophene rings is 1. The molecule has 1 unspecified atom stereocenters. The first-order valence-electron chi connectivity index (χ1n) is 12.7. The summed E-state index contributed by atoms with van der Waals surface area (Å²) in [5.74, 6) is -4.34. The van der Waals surface area contributed by atoms with Gasteiger partial charge in [0.15, 0.2) is 0 Å². The van der Waals surface area contributed by atoms with Crippen molar-refractivity contribution < 1.29 is 38.7 Å². The van der Waals surface area contributed by atoms with E-state index in [0.29, 0.717) is 6.42 Å². The van der Waals surface area contributed by atoms with E-state index in [1.165, 1.54) is 18.4 Å². The van der Waals surface area contributed by atoms with Crippen LogP contribution < -0.4 is 0 Å². The van der Waals surface area contributed by atoms with E-state index < -0.39 is 42.1 Å². The maximum Gasteiger partial charge on any atom is 0.314 e. The zero-order valence-corrected chi connectivity index (χ0v) is 23.0. The average Bonchev–Trinajstić information content (AvgIpc) is 3.40. The lowest BCUT2D eigenvalue weighted by atomic mass is 9.78. The summed E-state index contributed by atoms with van der Waals surface area (Å²) in [7, 11) is 4.73. The van der Waals surface area contributed by atoms with Gasteiger partial charge in [-0.2, -0.15) is 11.3 Å². The highest BCUT2D eigenvalue weighted by atomic mass is 32.1. The van der Waals surface area contributed by atoms with Gasteiger partial charge < -0.3 is 33.9 Å². The predicted molar refractivity (Wildman–Crippen MR) is 136 cm³/mol. The zero-order valence-electron chi connectivity index (χ0n) is 22.2. The van der Waals surface area contributed by atoms with Crippen molar-refractivity contribution in [1.82, 2.24) is 0 Å². The number of rotatable bonds is 4. The summed E-state index contributed by atoms with van der Waals surface area (Å²) in [5.41, 5.74) is 0.919. The molecule has 0 aliphatic carbocycles. The number of aliphatic hydroxyl groups is 2. The number of esters is 1. The Morgan fingerprint density at radius 1 is 1.06 bits per heavy atom. The van der Waals surface area contributed by atoms with Crippen molar-refractivity contribution in [2.24, 2.45) is 17.8 Å². The molecule has 0 aromatic carbocycles. The molecule has 0 saturated carbocycles. The van der Waals surface area contributed by atoms with Gasteiger partial charge in [-0.25, -0.2) is 0 Å². The second kappa shape index (κ2) is 13.0. The minimum Gasteiger partial charge on any atom is -0.457 e. The van der Waals surface area contributed by atoms with Crippen molar-refractivity contribution >= 4 is 17.3 Å². The molecule has 3 heterocycles. The summed E-state index contributed by atoms with van der Waals surface area (Å²) in [6.45, 7) is 5.36. The van der Waals surface area contributed by atoms with Gasteiger partial charge in [-0.3, -0.25) is 4.79 Å². The maximum absolute atomic E-state index is 13.4. The Morgan fingerprint density at radius 3 is 2.39 bits per heavy atom. The number of ether oxygens (including phenoxy) is 5. The van der Waals surface area contributed by atoms with Crippen molar-refractivity contribution in [3.05, 3.63) is 34.5 Å². The number of fused-ring (bicyclic) bond motifs is 2. The minimum atomic E-state index is -2.07. The second-order valence-corrected chi connectivity index (χ2v) is 10.8. The van der Waals surface area contributed by atoms with Crippen molar-refractivity contribution in [2.45, 2.75) is 88.9 Å². The monoisotopic (exact) mass is 526 g/mol. The fourth-order valence-corrected chi connectivity index (χ4v) is 6.05. The van der Waals surface area contributed by atoms with Gasteiger partial charge in [-0.1, -0.05) is 32.4 Å². The highest BCUT2D eigenvalue weighted by molar-refractivity contribution is 7.07. The van der Waals surface area contributed by atoms with Crippen LogP contribution in [0.25, 0.3) is 0 Å². The van der Waals surface area contributed by atoms with E-state index in [4.69, 9.17) is 23.7 Å². The third kappa shape index (κ3) is 6.20. The van der Waals surface area contributed by atoms with Crippen LogP contribution in [0.5, 0.6) is 0 Å². The van der Waals surface area contributed by atoms with Crippen LogP contribution in [0.2, 0.25) is 0 Å². The normalized spacial score (nSPS) is 42.0. The Balaban J connectivity index is 1.99. The number of carbonyl (C=O) groups excluding carboxylic acids is 1. The zero-order chi connectivity index (χ0) is 26.5. The number of hydrogen-bond acceptors (Lipinski definition) is 9. The molecule has 2 aliphatic heterocycles. The fourth-order valence-electron chi connectivity index (χ4n) is 5.35. The molecule has 3 rings (SSSR count). The number of methoxy groups -OCH3 is 3. The number of aliphatic hydroxyl groups excluding tert-OH is 1. The van der Waals surface area contributed by atoms with Crippen LogP contribution in [0.4, 0.5) is 0 Å². The van der Waals surface area contributed by atoms with Gasteiger partial charge in [-0.05, 0) is 43.0 Å². The van der Waals surface area contributed by atoms with Gasteiger partial charge in [0.2, 0.25) is 5.79 Å². The van der Waals surface area contributed by atoms with Crippen molar-refractivity contribution in [3.8, 4) is 0 Å². The van der Waals surface area contributed by atoms with Gasteiger partial charge in [0.25, 0.3) is 0 Å². The molecule has 0 radical (unpaired) electrons. The van der Waals surface area contributed by atoms with Crippen LogP contribution in [-0.2, 0) is 28.5 Å². The molecule has 2 aliphatic rings. The number of cyclic esters (lactones) is 1. The summed E-state index contributed by atoms with van der Waals surface area (Å²) in [6.07, 6.45) is 3.42. The third-order valence-corrected chi connectivity index (χ3v) is 8.47. The topological polar surface area (TPSA) is 104 Å². The molecule has 36 heavy (non-hydrogen) atoms. The van der Waals surface area contributed by atoms with Gasteiger partial charge in [0, 0.05) is 38.7 Å². The summed E-state index contributed by atoms with van der Waals surface area (Å²) < 4.78 is 29.2. The number of hydrogen-bond donors (Lipinski definition) is 2. The first kappa shape index (κ1) is 29.2. The van der Waals surface area contributed by atoms with E-state index in [9.17, 15) is 15.0 Å². The van der Waals surface area contributed by atoms with Crippen LogP contribution >= 0.6 is 11.3 Å². The first-order valence-corrected chi connectivity index (χ1v) is 13.7. The predicted octanol–water partition coefficient (Wildman–Crippen LogP) is 3.86. The maximum atomic E-state index is 13.4. The molecule has 1 aromatic heterocycles. The largest absolute Gasteiger partial charge is 0.457 e. The Kier molecular flexibility index (Phi) is 10.5. The van der Waals surface area contributed by atoms with Crippen LogP contribution in [-0.4, -0.2) is 73.8 Å². The van der Waals surface area contributed by atoms with Crippen molar-refractivity contribution in [2.75, 3.05) is 21.3 Å². The van der Waals surface area contributed by atoms with E-state index in [2.05, 4.69) is 0 Å². The van der Waals surface area contributed by atoms with Crippen LogP contribution in [0.15, 0.2) is 29.0 Å². The SMILES string of the molecule is COC1CCCC[C@@H](c2ccsc2)OC(=O)[C@@H](C)[C@@]2(O)O[C@H]([C@@H](C)[C@H](O)[C@H]2OC)[C@@H](C)/C=C/[C@H]1OC. The fraction of sp³-hybridized carbons (Fsp3) is 0.741.